The first-order chi connectivity index (χ1) is 14.0. The highest BCUT2D eigenvalue weighted by Crippen LogP contribution is 2.31. The zero-order valence-corrected chi connectivity index (χ0v) is 16.4. The van der Waals surface area contributed by atoms with Crippen LogP contribution in [0, 0.1) is 0 Å². The molecule has 2 rings (SSSR count). The van der Waals surface area contributed by atoms with Gasteiger partial charge in [-0.15, -0.1) is 5.11 Å². The molecule has 1 N–H and O–H groups in total. The summed E-state index contributed by atoms with van der Waals surface area (Å²) in [6.45, 7) is 6.11. The van der Waals surface area contributed by atoms with Gasteiger partial charge in [0.1, 0.15) is 29.5 Å². The van der Waals surface area contributed by atoms with Crippen LogP contribution in [0.4, 0.5) is 11.4 Å². The molecule has 29 heavy (non-hydrogen) atoms. The Morgan fingerprint density at radius 1 is 1.14 bits per heavy atom. The van der Waals surface area contributed by atoms with Gasteiger partial charge in [-0.2, -0.15) is 5.11 Å². The maximum Gasteiger partial charge on any atom is 0.330 e. The average Bonchev–Trinajstić information content (AvgIpc) is 2.75. The van der Waals surface area contributed by atoms with E-state index in [9.17, 15) is 9.90 Å². The Kier molecular flexibility index (Phi) is 8.65. The minimum Gasteiger partial charge on any atom is -0.505 e. The molecule has 1 atom stereocenters. The summed E-state index contributed by atoms with van der Waals surface area (Å²) in [5, 5.41) is 18.0. The molecule has 0 aliphatic heterocycles. The number of aromatic hydroxyl groups is 1. The Morgan fingerprint density at radius 2 is 1.86 bits per heavy atom. The van der Waals surface area contributed by atoms with E-state index in [1.807, 2.05) is 6.92 Å². The van der Waals surface area contributed by atoms with Crippen LogP contribution >= 0.6 is 0 Å². The molecule has 0 aliphatic carbocycles. The van der Waals surface area contributed by atoms with Gasteiger partial charge in [0.15, 0.2) is 6.10 Å². The van der Waals surface area contributed by atoms with Crippen molar-refractivity contribution in [2.45, 2.75) is 13.0 Å². The van der Waals surface area contributed by atoms with E-state index in [0.717, 1.165) is 6.08 Å². The summed E-state index contributed by atoms with van der Waals surface area (Å²) in [6.07, 6.45) is 0.553. The zero-order valence-electron chi connectivity index (χ0n) is 16.4. The molecule has 0 fully saturated rings. The van der Waals surface area contributed by atoms with Crippen LogP contribution in [0.1, 0.15) is 6.92 Å². The minimum atomic E-state index is -0.544. The molecule has 0 saturated carbocycles. The largest absolute Gasteiger partial charge is 0.505 e. The summed E-state index contributed by atoms with van der Waals surface area (Å²) in [7, 11) is 1.52. The van der Waals surface area contributed by atoms with Crippen LogP contribution in [0.3, 0.4) is 0 Å². The smallest absolute Gasteiger partial charge is 0.330 e. The van der Waals surface area contributed by atoms with Gasteiger partial charge >= 0.3 is 5.97 Å². The van der Waals surface area contributed by atoms with E-state index in [-0.39, 0.29) is 19.0 Å². The first-order valence-corrected chi connectivity index (χ1v) is 8.98. The van der Waals surface area contributed by atoms with Crippen molar-refractivity contribution in [3.8, 4) is 17.2 Å². The Bertz CT molecular complexity index is 836. The number of hydrogen-bond donors (Lipinski definition) is 1. The summed E-state index contributed by atoms with van der Waals surface area (Å²) >= 11 is 0. The number of ether oxygens (including phenoxy) is 4. The highest BCUT2D eigenvalue weighted by molar-refractivity contribution is 5.81. The maximum atomic E-state index is 11.4. The number of phenolic OH excluding ortho intramolecular Hbond substituents is 1. The maximum absolute atomic E-state index is 11.4. The number of carbonyl (C=O) groups excluding carboxylic acids is 1. The Labute approximate surface area is 169 Å². The second-order valence-electron chi connectivity index (χ2n) is 5.78. The van der Waals surface area contributed by atoms with Gasteiger partial charge in [0, 0.05) is 18.7 Å². The van der Waals surface area contributed by atoms with Gasteiger partial charge in [0.05, 0.1) is 19.4 Å². The first-order valence-electron chi connectivity index (χ1n) is 8.98. The van der Waals surface area contributed by atoms with Gasteiger partial charge in [-0.3, -0.25) is 0 Å². The van der Waals surface area contributed by atoms with Crippen molar-refractivity contribution in [2.75, 3.05) is 26.9 Å². The summed E-state index contributed by atoms with van der Waals surface area (Å²) < 4.78 is 21.2. The summed E-state index contributed by atoms with van der Waals surface area (Å²) in [5.41, 5.74) is 0.908. The van der Waals surface area contributed by atoms with Gasteiger partial charge in [-0.05, 0) is 43.3 Å². The van der Waals surface area contributed by atoms with Crippen molar-refractivity contribution < 1.29 is 28.8 Å². The van der Waals surface area contributed by atoms with Crippen molar-refractivity contribution in [3.05, 3.63) is 55.1 Å². The van der Waals surface area contributed by atoms with Crippen LogP contribution in [-0.4, -0.2) is 44.1 Å². The van der Waals surface area contributed by atoms with Gasteiger partial charge in [-0.1, -0.05) is 6.58 Å². The van der Waals surface area contributed by atoms with E-state index < -0.39 is 12.1 Å². The predicted octanol–water partition coefficient (Wildman–Crippen LogP) is 4.33. The molecule has 0 heterocycles. The molecule has 154 valence electrons. The van der Waals surface area contributed by atoms with Gasteiger partial charge in [-0.25, -0.2) is 4.79 Å². The average molecular weight is 400 g/mol. The Hall–Kier alpha value is -3.39. The van der Waals surface area contributed by atoms with Gasteiger partial charge < -0.3 is 24.1 Å². The van der Waals surface area contributed by atoms with E-state index in [1.54, 1.807) is 36.4 Å². The molecule has 0 amide bonds. The van der Waals surface area contributed by atoms with Crippen molar-refractivity contribution in [3.63, 3.8) is 0 Å². The van der Waals surface area contributed by atoms with Crippen LogP contribution in [0.25, 0.3) is 0 Å². The molecule has 2 aromatic carbocycles. The normalized spacial score (nSPS) is 11.8. The molecule has 8 nitrogen and oxygen atoms in total. The lowest BCUT2D eigenvalue weighted by Crippen LogP contribution is -2.29. The molecule has 0 aromatic heterocycles. The minimum absolute atomic E-state index is 0.0255. The summed E-state index contributed by atoms with van der Waals surface area (Å²) in [5.74, 6) is 0.551. The molecule has 0 spiro atoms. The number of carbonyl (C=O) groups is 1. The lowest BCUT2D eigenvalue weighted by Gasteiger charge is -2.17. The number of hydrogen-bond acceptors (Lipinski definition) is 8. The van der Waals surface area contributed by atoms with Crippen LogP contribution in [-0.2, 0) is 14.3 Å². The molecular weight excluding hydrogens is 376 g/mol. The van der Waals surface area contributed by atoms with Gasteiger partial charge in [0.2, 0.25) is 0 Å². The third-order valence-electron chi connectivity index (χ3n) is 3.69. The van der Waals surface area contributed by atoms with E-state index in [1.165, 1.54) is 13.2 Å². The van der Waals surface area contributed by atoms with Crippen LogP contribution in [0.15, 0.2) is 65.3 Å². The number of benzene rings is 2. The van der Waals surface area contributed by atoms with Crippen molar-refractivity contribution in [1.29, 1.82) is 0 Å². The lowest BCUT2D eigenvalue weighted by molar-refractivity contribution is -0.147. The van der Waals surface area contributed by atoms with Crippen molar-refractivity contribution >= 4 is 17.3 Å². The van der Waals surface area contributed by atoms with E-state index in [2.05, 4.69) is 16.8 Å². The molecule has 0 bridgehead atoms. The quantitative estimate of drug-likeness (QED) is 0.342. The molecule has 0 radical (unpaired) electrons. The monoisotopic (exact) mass is 400 g/mol. The number of esters is 1. The molecule has 8 heteroatoms. The summed E-state index contributed by atoms with van der Waals surface area (Å²) in [6, 6.07) is 11.6. The molecule has 0 saturated heterocycles. The fourth-order valence-electron chi connectivity index (χ4n) is 2.20. The lowest BCUT2D eigenvalue weighted by atomic mass is 10.3. The molecule has 1 unspecified atom stereocenters. The standard InChI is InChI=1S/C21H24N2O6/c1-4-21(25)29-18(13-27-5-2)14-28-16-8-6-15(7-9-16)22-23-19-11-10-17(26-3)12-20(19)24/h4,6-12,18,24H,1,5,13-14H2,2-3H3. The van der Waals surface area contributed by atoms with Crippen molar-refractivity contribution in [1.82, 2.24) is 0 Å². The fourth-order valence-corrected chi connectivity index (χ4v) is 2.20. The second kappa shape index (κ2) is 11.5. The molecule has 2 aromatic rings. The predicted molar refractivity (Wildman–Crippen MR) is 107 cm³/mol. The number of phenols is 1. The Morgan fingerprint density at radius 3 is 2.48 bits per heavy atom. The highest BCUT2D eigenvalue weighted by atomic mass is 16.6. The number of rotatable bonds is 11. The van der Waals surface area contributed by atoms with Crippen LogP contribution < -0.4 is 9.47 Å². The summed E-state index contributed by atoms with van der Waals surface area (Å²) in [4.78, 5) is 11.4. The topological polar surface area (TPSA) is 98.9 Å². The third-order valence-corrected chi connectivity index (χ3v) is 3.69. The van der Waals surface area contributed by atoms with E-state index in [4.69, 9.17) is 18.9 Å². The van der Waals surface area contributed by atoms with Crippen molar-refractivity contribution in [2.24, 2.45) is 10.2 Å². The van der Waals surface area contributed by atoms with Gasteiger partial charge in [0.25, 0.3) is 0 Å². The molecular formula is C21H24N2O6. The second-order valence-corrected chi connectivity index (χ2v) is 5.78. The van der Waals surface area contributed by atoms with Crippen LogP contribution in [0.5, 0.6) is 17.2 Å². The highest BCUT2D eigenvalue weighted by Gasteiger charge is 2.14. The Balaban J connectivity index is 1.94. The number of nitrogens with zero attached hydrogens (tertiary/aromatic N) is 2. The third kappa shape index (κ3) is 7.27. The zero-order chi connectivity index (χ0) is 21.1. The number of methoxy groups -OCH3 is 1. The number of azo groups is 1. The molecule has 0 aliphatic rings. The van der Waals surface area contributed by atoms with E-state index >= 15 is 0 Å². The first kappa shape index (κ1) is 21.9. The van der Waals surface area contributed by atoms with Crippen LogP contribution in [0.2, 0.25) is 0 Å². The fraction of sp³-hybridized carbons (Fsp3) is 0.286. The van der Waals surface area contributed by atoms with E-state index in [0.29, 0.717) is 29.5 Å². The SMILES string of the molecule is C=CC(=O)OC(COCC)COc1ccc(N=Nc2ccc(OC)cc2O)cc1.